The van der Waals surface area contributed by atoms with Gasteiger partial charge in [0.05, 0.1) is 0 Å². The molecule has 1 unspecified atom stereocenters. The van der Waals surface area contributed by atoms with Crippen LogP contribution in [0.1, 0.15) is 22.9 Å². The van der Waals surface area contributed by atoms with Gasteiger partial charge in [-0.15, -0.1) is 0 Å². The SMILES string of the molecule is Nc1cccc(CNC(/N=C/c2cccc(-c3ccccc3)c2)c2ccccc2)c1. The van der Waals surface area contributed by atoms with Crippen LogP contribution in [-0.2, 0) is 6.54 Å². The van der Waals surface area contributed by atoms with Crippen molar-refractivity contribution in [3.8, 4) is 11.1 Å². The number of aliphatic imine (C=N–C) groups is 1. The lowest BCUT2D eigenvalue weighted by Crippen LogP contribution is -2.19. The van der Waals surface area contributed by atoms with Gasteiger partial charge in [-0.25, -0.2) is 0 Å². The number of anilines is 1. The molecule has 0 fully saturated rings. The lowest BCUT2D eigenvalue weighted by molar-refractivity contribution is 0.556. The summed E-state index contributed by atoms with van der Waals surface area (Å²) in [4.78, 5) is 4.87. The van der Waals surface area contributed by atoms with Gasteiger partial charge in [0, 0.05) is 18.4 Å². The Kier molecular flexibility index (Phi) is 6.33. The number of benzene rings is 4. The average Bonchev–Trinajstić information content (AvgIpc) is 2.80. The molecule has 0 amide bonds. The molecule has 0 aliphatic rings. The molecule has 4 aromatic carbocycles. The first-order valence-electron chi connectivity index (χ1n) is 10.1. The molecule has 0 aliphatic carbocycles. The van der Waals surface area contributed by atoms with Crippen LogP contribution in [0.4, 0.5) is 5.69 Å². The Morgan fingerprint density at radius 2 is 1.43 bits per heavy atom. The van der Waals surface area contributed by atoms with Crippen molar-refractivity contribution in [2.24, 2.45) is 4.99 Å². The molecule has 0 aliphatic heterocycles. The number of hydrogen-bond acceptors (Lipinski definition) is 3. The van der Waals surface area contributed by atoms with Crippen molar-refractivity contribution in [2.75, 3.05) is 5.73 Å². The molecule has 0 bridgehead atoms. The predicted molar refractivity (Wildman–Crippen MR) is 126 cm³/mol. The van der Waals surface area contributed by atoms with Crippen LogP contribution < -0.4 is 11.1 Å². The molecule has 0 radical (unpaired) electrons. The second-order valence-corrected chi connectivity index (χ2v) is 7.21. The zero-order chi connectivity index (χ0) is 20.6. The molecule has 0 aromatic heterocycles. The van der Waals surface area contributed by atoms with E-state index in [9.17, 15) is 0 Å². The molecular formula is C27H25N3. The summed E-state index contributed by atoms with van der Waals surface area (Å²) in [5, 5.41) is 3.54. The Bertz CT molecular complexity index is 1110. The van der Waals surface area contributed by atoms with Gasteiger partial charge in [0.15, 0.2) is 0 Å². The second kappa shape index (κ2) is 9.68. The molecule has 0 saturated heterocycles. The number of nitrogens with zero attached hydrogens (tertiary/aromatic N) is 1. The molecule has 30 heavy (non-hydrogen) atoms. The van der Waals surface area contributed by atoms with Crippen molar-refractivity contribution in [2.45, 2.75) is 12.7 Å². The fourth-order valence-electron chi connectivity index (χ4n) is 3.40. The third-order valence-electron chi connectivity index (χ3n) is 4.93. The Hall–Kier alpha value is -3.69. The Morgan fingerprint density at radius 1 is 0.733 bits per heavy atom. The van der Waals surface area contributed by atoms with Crippen LogP contribution in [0.15, 0.2) is 114 Å². The van der Waals surface area contributed by atoms with E-state index in [0.29, 0.717) is 6.54 Å². The number of hydrogen-bond donors (Lipinski definition) is 2. The molecule has 3 nitrogen and oxygen atoms in total. The normalized spacial score (nSPS) is 12.1. The van der Waals surface area contributed by atoms with E-state index in [1.54, 1.807) is 0 Å². The maximum atomic E-state index is 5.92. The summed E-state index contributed by atoms with van der Waals surface area (Å²) in [6, 6.07) is 37.0. The first-order valence-corrected chi connectivity index (χ1v) is 10.1. The van der Waals surface area contributed by atoms with Gasteiger partial charge in [-0.3, -0.25) is 10.3 Å². The third-order valence-corrected chi connectivity index (χ3v) is 4.93. The Morgan fingerprint density at radius 3 is 2.20 bits per heavy atom. The highest BCUT2D eigenvalue weighted by Gasteiger charge is 2.08. The van der Waals surface area contributed by atoms with Crippen molar-refractivity contribution < 1.29 is 0 Å². The van der Waals surface area contributed by atoms with E-state index in [4.69, 9.17) is 10.7 Å². The van der Waals surface area contributed by atoms with Crippen LogP contribution in [0, 0.1) is 0 Å². The van der Waals surface area contributed by atoms with E-state index in [2.05, 4.69) is 72.0 Å². The first kappa shape index (κ1) is 19.6. The van der Waals surface area contributed by atoms with Gasteiger partial charge < -0.3 is 5.73 Å². The maximum absolute atomic E-state index is 5.92. The number of nitrogen functional groups attached to an aromatic ring is 1. The van der Waals surface area contributed by atoms with Crippen LogP contribution in [0.2, 0.25) is 0 Å². The highest BCUT2D eigenvalue weighted by molar-refractivity contribution is 5.82. The highest BCUT2D eigenvalue weighted by Crippen LogP contribution is 2.20. The molecule has 3 heteroatoms. The van der Waals surface area contributed by atoms with Crippen LogP contribution in [0.3, 0.4) is 0 Å². The molecule has 0 saturated carbocycles. The summed E-state index contributed by atoms with van der Waals surface area (Å²) < 4.78 is 0. The second-order valence-electron chi connectivity index (χ2n) is 7.21. The average molecular weight is 392 g/mol. The number of nitrogens with one attached hydrogen (secondary N) is 1. The van der Waals surface area contributed by atoms with Gasteiger partial charge in [-0.05, 0) is 46.0 Å². The van der Waals surface area contributed by atoms with Gasteiger partial charge in [0.2, 0.25) is 0 Å². The van der Waals surface area contributed by atoms with Crippen molar-refractivity contribution in [3.63, 3.8) is 0 Å². The lowest BCUT2D eigenvalue weighted by Gasteiger charge is -2.15. The van der Waals surface area contributed by atoms with E-state index in [1.807, 2.05) is 48.7 Å². The van der Waals surface area contributed by atoms with Gasteiger partial charge in [-0.2, -0.15) is 0 Å². The van der Waals surface area contributed by atoms with E-state index >= 15 is 0 Å². The topological polar surface area (TPSA) is 50.4 Å². The van der Waals surface area contributed by atoms with Gasteiger partial charge in [-0.1, -0.05) is 91.0 Å². The standard InChI is InChI=1S/C27H25N3/c28-26-16-8-10-22(18-26)20-30-27(24-13-5-2-6-14-24)29-19-21-9-7-15-25(17-21)23-11-3-1-4-12-23/h1-19,27,30H,20,28H2/b29-19+. The minimum absolute atomic E-state index is 0.145. The van der Waals surface area contributed by atoms with Crippen molar-refractivity contribution in [1.82, 2.24) is 5.32 Å². The molecule has 0 spiro atoms. The number of nitrogens with two attached hydrogens (primary N) is 1. The fourth-order valence-corrected chi connectivity index (χ4v) is 3.40. The monoisotopic (exact) mass is 391 g/mol. The molecule has 1 atom stereocenters. The van der Waals surface area contributed by atoms with E-state index < -0.39 is 0 Å². The first-order chi connectivity index (χ1) is 14.8. The van der Waals surface area contributed by atoms with Gasteiger partial charge in [0.1, 0.15) is 6.17 Å². The predicted octanol–water partition coefficient (Wildman–Crippen LogP) is 5.84. The molecule has 3 N–H and O–H groups in total. The maximum Gasteiger partial charge on any atom is 0.125 e. The highest BCUT2D eigenvalue weighted by atomic mass is 15.1. The summed E-state index contributed by atoms with van der Waals surface area (Å²) in [5.41, 5.74) is 12.4. The molecule has 4 aromatic rings. The van der Waals surface area contributed by atoms with Gasteiger partial charge >= 0.3 is 0 Å². The summed E-state index contributed by atoms with van der Waals surface area (Å²) in [7, 11) is 0. The Labute approximate surface area is 177 Å². The van der Waals surface area contributed by atoms with Crippen LogP contribution >= 0.6 is 0 Å². The minimum atomic E-state index is -0.145. The molecule has 148 valence electrons. The van der Waals surface area contributed by atoms with E-state index in [-0.39, 0.29) is 6.17 Å². The van der Waals surface area contributed by atoms with Crippen LogP contribution in [0.25, 0.3) is 11.1 Å². The molecule has 4 rings (SSSR count). The summed E-state index contributed by atoms with van der Waals surface area (Å²) >= 11 is 0. The van der Waals surface area contributed by atoms with Crippen molar-refractivity contribution in [1.29, 1.82) is 0 Å². The minimum Gasteiger partial charge on any atom is -0.399 e. The van der Waals surface area contributed by atoms with E-state index in [1.165, 1.54) is 11.1 Å². The van der Waals surface area contributed by atoms with Crippen LogP contribution in [-0.4, -0.2) is 6.21 Å². The fraction of sp³-hybridized carbons (Fsp3) is 0.0741. The lowest BCUT2D eigenvalue weighted by atomic mass is 10.0. The molecule has 0 heterocycles. The largest absolute Gasteiger partial charge is 0.399 e. The quantitative estimate of drug-likeness (QED) is 0.307. The van der Waals surface area contributed by atoms with Crippen molar-refractivity contribution >= 4 is 11.9 Å². The van der Waals surface area contributed by atoms with E-state index in [0.717, 1.165) is 22.4 Å². The summed E-state index contributed by atoms with van der Waals surface area (Å²) in [6.45, 7) is 0.687. The molecular weight excluding hydrogens is 366 g/mol. The number of rotatable bonds is 7. The summed E-state index contributed by atoms with van der Waals surface area (Å²) in [5.74, 6) is 0. The third kappa shape index (κ3) is 5.22. The Balaban J connectivity index is 1.55. The van der Waals surface area contributed by atoms with Crippen molar-refractivity contribution in [3.05, 3.63) is 126 Å². The van der Waals surface area contributed by atoms with Crippen LogP contribution in [0.5, 0.6) is 0 Å². The van der Waals surface area contributed by atoms with Gasteiger partial charge in [0.25, 0.3) is 0 Å². The smallest absolute Gasteiger partial charge is 0.125 e. The zero-order valence-electron chi connectivity index (χ0n) is 16.8. The summed E-state index contributed by atoms with van der Waals surface area (Å²) in [6.07, 6.45) is 1.80. The zero-order valence-corrected chi connectivity index (χ0v) is 16.8.